The zero-order valence-electron chi connectivity index (χ0n) is 12.6. The van der Waals surface area contributed by atoms with Crippen LogP contribution in [0.3, 0.4) is 0 Å². The lowest BCUT2D eigenvalue weighted by atomic mass is 10.0. The van der Waals surface area contributed by atoms with Gasteiger partial charge >= 0.3 is 5.97 Å². The number of hydrogen-bond donors (Lipinski definition) is 1. The number of ether oxygens (including phenoxy) is 1. The molecule has 21 heavy (non-hydrogen) atoms. The Labute approximate surface area is 129 Å². The van der Waals surface area contributed by atoms with Gasteiger partial charge in [0.05, 0.1) is 18.7 Å². The number of thiazole rings is 1. The maximum Gasteiger partial charge on any atom is 0.308 e. The first-order chi connectivity index (χ1) is 10.1. The van der Waals surface area contributed by atoms with E-state index in [-0.39, 0.29) is 18.3 Å². The van der Waals surface area contributed by atoms with Gasteiger partial charge in [-0.15, -0.1) is 11.3 Å². The summed E-state index contributed by atoms with van der Waals surface area (Å²) in [5.41, 5.74) is 1.14. The van der Waals surface area contributed by atoms with Crippen LogP contribution >= 0.6 is 11.3 Å². The first kappa shape index (κ1) is 15.9. The number of carbonyl (C=O) groups is 2. The number of rotatable bonds is 4. The third-order valence-electron chi connectivity index (χ3n) is 3.69. The van der Waals surface area contributed by atoms with E-state index in [1.54, 1.807) is 18.3 Å². The Kier molecular flexibility index (Phi) is 5.73. The number of hydrogen-bond acceptors (Lipinski definition) is 5. The summed E-state index contributed by atoms with van der Waals surface area (Å²) >= 11 is 1.57. The second-order valence-corrected chi connectivity index (χ2v) is 6.56. The van der Waals surface area contributed by atoms with E-state index in [4.69, 9.17) is 0 Å². The second-order valence-electron chi connectivity index (χ2n) is 5.48. The quantitative estimate of drug-likeness (QED) is 0.868. The number of nitrogens with one attached hydrogen (secondary N) is 1. The average Bonchev–Trinajstić information content (AvgIpc) is 2.78. The van der Waals surface area contributed by atoms with Crippen molar-refractivity contribution in [1.29, 1.82) is 0 Å². The van der Waals surface area contributed by atoms with E-state index in [9.17, 15) is 9.59 Å². The molecule has 2 rings (SSSR count). The van der Waals surface area contributed by atoms with Crippen LogP contribution in [0.4, 0.5) is 5.13 Å². The van der Waals surface area contributed by atoms with E-state index < -0.39 is 5.92 Å². The highest BCUT2D eigenvalue weighted by atomic mass is 32.1. The highest BCUT2D eigenvalue weighted by Gasteiger charge is 2.19. The van der Waals surface area contributed by atoms with Gasteiger partial charge in [0.15, 0.2) is 5.13 Å². The molecule has 0 aromatic carbocycles. The molecule has 1 heterocycles. The summed E-state index contributed by atoms with van der Waals surface area (Å²) in [6.45, 7) is 1.69. The fraction of sp³-hybridized carbons (Fsp3) is 0.667. The molecule has 1 amide bonds. The van der Waals surface area contributed by atoms with Crippen LogP contribution < -0.4 is 5.32 Å². The van der Waals surface area contributed by atoms with Crippen molar-refractivity contribution in [3.05, 3.63) is 10.6 Å². The Balaban J connectivity index is 1.95. The van der Waals surface area contributed by atoms with E-state index in [0.29, 0.717) is 5.13 Å². The monoisotopic (exact) mass is 310 g/mol. The van der Waals surface area contributed by atoms with Crippen LogP contribution in [-0.2, 0) is 27.2 Å². The van der Waals surface area contributed by atoms with Crippen LogP contribution in [0.2, 0.25) is 0 Å². The van der Waals surface area contributed by atoms with Crippen LogP contribution in [0, 0.1) is 5.92 Å². The molecule has 1 aromatic rings. The van der Waals surface area contributed by atoms with Gasteiger partial charge in [-0.3, -0.25) is 9.59 Å². The van der Waals surface area contributed by atoms with Gasteiger partial charge in [-0.05, 0) is 25.7 Å². The second kappa shape index (κ2) is 7.54. The van der Waals surface area contributed by atoms with E-state index in [1.807, 2.05) is 0 Å². The molecule has 1 aromatic heterocycles. The summed E-state index contributed by atoms with van der Waals surface area (Å²) < 4.78 is 4.63. The zero-order valence-corrected chi connectivity index (χ0v) is 13.4. The Hall–Kier alpha value is -1.43. The number of aryl methyl sites for hydroxylation is 2. The van der Waals surface area contributed by atoms with Gasteiger partial charge in [0.2, 0.25) is 5.91 Å². The topological polar surface area (TPSA) is 68.3 Å². The molecule has 0 aliphatic heterocycles. The summed E-state index contributed by atoms with van der Waals surface area (Å²) in [4.78, 5) is 29.1. The van der Waals surface area contributed by atoms with Crippen molar-refractivity contribution in [3.8, 4) is 0 Å². The molecular weight excluding hydrogens is 288 g/mol. The van der Waals surface area contributed by atoms with Crippen LogP contribution in [0.15, 0.2) is 0 Å². The van der Waals surface area contributed by atoms with Gasteiger partial charge in [-0.1, -0.05) is 19.8 Å². The molecule has 1 N–H and O–H groups in total. The summed E-state index contributed by atoms with van der Waals surface area (Å²) in [5.74, 6) is -0.984. The minimum absolute atomic E-state index is 0.122. The van der Waals surface area contributed by atoms with Crippen LogP contribution in [0.5, 0.6) is 0 Å². The standard InChI is InChI=1S/C15H22N2O3S/c1-10(14(19)20-2)9-13(18)17-15-16-11-7-5-3-4-6-8-12(11)21-15/h10H,3-9H2,1-2H3,(H,16,17,18). The Morgan fingerprint density at radius 2 is 2.00 bits per heavy atom. The number of aromatic nitrogens is 1. The van der Waals surface area contributed by atoms with Crippen molar-refractivity contribution in [2.45, 2.75) is 51.9 Å². The van der Waals surface area contributed by atoms with Crippen molar-refractivity contribution in [2.24, 2.45) is 5.92 Å². The van der Waals surface area contributed by atoms with Crippen LogP contribution in [0.1, 0.15) is 49.6 Å². The molecular formula is C15H22N2O3S. The summed E-state index contributed by atoms with van der Waals surface area (Å²) in [6.07, 6.45) is 7.08. The Morgan fingerprint density at radius 1 is 1.29 bits per heavy atom. The van der Waals surface area contributed by atoms with Crippen molar-refractivity contribution < 1.29 is 14.3 Å². The van der Waals surface area contributed by atoms with Crippen LogP contribution in [-0.4, -0.2) is 24.0 Å². The SMILES string of the molecule is COC(=O)C(C)CC(=O)Nc1nc2c(s1)CCCCCC2. The van der Waals surface area contributed by atoms with Crippen molar-refractivity contribution in [1.82, 2.24) is 4.98 Å². The first-order valence-electron chi connectivity index (χ1n) is 7.46. The smallest absolute Gasteiger partial charge is 0.308 e. The molecule has 6 heteroatoms. The number of amides is 1. The predicted molar refractivity (Wildman–Crippen MR) is 82.4 cm³/mol. The number of anilines is 1. The zero-order chi connectivity index (χ0) is 15.2. The van der Waals surface area contributed by atoms with E-state index in [2.05, 4.69) is 15.0 Å². The minimum Gasteiger partial charge on any atom is -0.469 e. The summed E-state index contributed by atoms with van der Waals surface area (Å²) in [6, 6.07) is 0. The van der Waals surface area contributed by atoms with Gasteiger partial charge in [0.1, 0.15) is 0 Å². The molecule has 0 bridgehead atoms. The molecule has 0 spiro atoms. The molecule has 116 valence electrons. The van der Waals surface area contributed by atoms with E-state index >= 15 is 0 Å². The average molecular weight is 310 g/mol. The molecule has 1 atom stereocenters. The molecule has 0 saturated heterocycles. The van der Waals surface area contributed by atoms with Gasteiger partial charge in [-0.2, -0.15) is 0 Å². The normalized spacial score (nSPS) is 16.3. The van der Waals surface area contributed by atoms with Crippen molar-refractivity contribution >= 4 is 28.3 Å². The van der Waals surface area contributed by atoms with Gasteiger partial charge in [0.25, 0.3) is 0 Å². The maximum atomic E-state index is 11.9. The molecule has 1 aliphatic rings. The number of nitrogens with zero attached hydrogens (tertiary/aromatic N) is 1. The minimum atomic E-state index is -0.434. The fourth-order valence-corrected chi connectivity index (χ4v) is 3.56. The molecule has 5 nitrogen and oxygen atoms in total. The predicted octanol–water partition coefficient (Wildman–Crippen LogP) is 2.94. The van der Waals surface area contributed by atoms with E-state index in [0.717, 1.165) is 18.5 Å². The lowest BCUT2D eigenvalue weighted by Crippen LogP contribution is -2.21. The highest BCUT2D eigenvalue weighted by molar-refractivity contribution is 7.15. The van der Waals surface area contributed by atoms with Crippen molar-refractivity contribution in [3.63, 3.8) is 0 Å². The van der Waals surface area contributed by atoms with E-state index in [1.165, 1.54) is 37.7 Å². The lowest BCUT2D eigenvalue weighted by Gasteiger charge is -2.07. The Morgan fingerprint density at radius 3 is 2.71 bits per heavy atom. The molecule has 0 radical (unpaired) electrons. The number of esters is 1. The highest BCUT2D eigenvalue weighted by Crippen LogP contribution is 2.28. The largest absolute Gasteiger partial charge is 0.469 e. The van der Waals surface area contributed by atoms with Crippen molar-refractivity contribution in [2.75, 3.05) is 12.4 Å². The number of fused-ring (bicyclic) bond motifs is 1. The molecule has 0 saturated carbocycles. The van der Waals surface area contributed by atoms with Crippen LogP contribution in [0.25, 0.3) is 0 Å². The van der Waals surface area contributed by atoms with Gasteiger partial charge in [0, 0.05) is 11.3 Å². The Bertz CT molecular complexity index is 488. The number of methoxy groups -OCH3 is 1. The number of carbonyl (C=O) groups excluding carboxylic acids is 2. The summed E-state index contributed by atoms with van der Waals surface area (Å²) in [7, 11) is 1.33. The molecule has 0 fully saturated rings. The third kappa shape index (κ3) is 4.52. The molecule has 1 unspecified atom stereocenters. The summed E-state index contributed by atoms with van der Waals surface area (Å²) in [5, 5.41) is 3.47. The molecule has 1 aliphatic carbocycles. The van der Waals surface area contributed by atoms with Gasteiger partial charge in [-0.25, -0.2) is 4.98 Å². The maximum absolute atomic E-state index is 11.9. The van der Waals surface area contributed by atoms with Gasteiger partial charge < -0.3 is 10.1 Å². The first-order valence-corrected chi connectivity index (χ1v) is 8.28. The lowest BCUT2D eigenvalue weighted by molar-refractivity contribution is -0.146. The fourth-order valence-electron chi connectivity index (χ4n) is 2.49. The third-order valence-corrected chi connectivity index (χ3v) is 4.76.